The van der Waals surface area contributed by atoms with E-state index in [0.29, 0.717) is 12.2 Å². The lowest BCUT2D eigenvalue weighted by molar-refractivity contribution is -0.135. The Morgan fingerprint density at radius 1 is 1.24 bits per heavy atom. The molecule has 0 spiro atoms. The second-order valence-corrected chi connectivity index (χ2v) is 6.41. The molecule has 1 saturated carbocycles. The summed E-state index contributed by atoms with van der Waals surface area (Å²) in [7, 11) is 0. The number of furan rings is 1. The van der Waals surface area contributed by atoms with Crippen LogP contribution in [0.25, 0.3) is 5.65 Å². The summed E-state index contributed by atoms with van der Waals surface area (Å²) in [5, 5.41) is 4.25. The van der Waals surface area contributed by atoms with E-state index in [2.05, 4.69) is 5.10 Å². The summed E-state index contributed by atoms with van der Waals surface area (Å²) in [6.45, 7) is 0.371. The quantitative estimate of drug-likeness (QED) is 0.713. The van der Waals surface area contributed by atoms with Crippen molar-refractivity contribution in [1.29, 1.82) is 0 Å². The Balaban J connectivity index is 1.58. The van der Waals surface area contributed by atoms with Crippen LogP contribution in [0.15, 0.2) is 52.0 Å². The number of amides is 1. The van der Waals surface area contributed by atoms with Crippen LogP contribution in [-0.4, -0.2) is 31.0 Å². The lowest BCUT2D eigenvalue weighted by Crippen LogP contribution is -2.41. The van der Waals surface area contributed by atoms with Crippen molar-refractivity contribution < 1.29 is 9.21 Å². The smallest absolute Gasteiger partial charge is 0.350 e. The van der Waals surface area contributed by atoms with Crippen molar-refractivity contribution in [3.63, 3.8) is 0 Å². The number of pyridine rings is 1. The number of fused-ring (bicyclic) bond motifs is 1. The fourth-order valence-corrected chi connectivity index (χ4v) is 3.50. The average molecular weight is 340 g/mol. The van der Waals surface area contributed by atoms with Gasteiger partial charge in [-0.2, -0.15) is 0 Å². The zero-order chi connectivity index (χ0) is 17.2. The second kappa shape index (κ2) is 6.58. The molecule has 3 aromatic heterocycles. The summed E-state index contributed by atoms with van der Waals surface area (Å²) >= 11 is 0. The normalized spacial score (nSPS) is 15.0. The molecule has 0 radical (unpaired) electrons. The van der Waals surface area contributed by atoms with Crippen molar-refractivity contribution in [3.8, 4) is 0 Å². The zero-order valence-electron chi connectivity index (χ0n) is 13.9. The number of carbonyl (C=O) groups is 1. The molecule has 3 heterocycles. The predicted octanol–water partition coefficient (Wildman–Crippen LogP) is 2.06. The van der Waals surface area contributed by atoms with Gasteiger partial charge in [0.2, 0.25) is 5.91 Å². The molecule has 1 amide bonds. The lowest BCUT2D eigenvalue weighted by atomic mass is 10.2. The van der Waals surface area contributed by atoms with Crippen LogP contribution < -0.4 is 5.69 Å². The first-order chi connectivity index (χ1) is 12.2. The van der Waals surface area contributed by atoms with Crippen LogP contribution in [0.4, 0.5) is 0 Å². The van der Waals surface area contributed by atoms with Gasteiger partial charge in [0.05, 0.1) is 12.8 Å². The fraction of sp³-hybridized carbons (Fsp3) is 0.389. The number of aromatic nitrogens is 3. The van der Waals surface area contributed by atoms with E-state index >= 15 is 0 Å². The van der Waals surface area contributed by atoms with Gasteiger partial charge in [-0.05, 0) is 37.1 Å². The summed E-state index contributed by atoms with van der Waals surface area (Å²) in [6.07, 6.45) is 7.50. The number of carbonyl (C=O) groups excluding carboxylic acids is 1. The van der Waals surface area contributed by atoms with Crippen molar-refractivity contribution in [3.05, 3.63) is 59.0 Å². The maximum atomic E-state index is 12.9. The molecule has 1 fully saturated rings. The molecule has 3 aromatic rings. The average Bonchev–Trinajstić information content (AvgIpc) is 3.36. The van der Waals surface area contributed by atoms with E-state index in [4.69, 9.17) is 4.42 Å². The monoisotopic (exact) mass is 340 g/mol. The highest BCUT2D eigenvalue weighted by molar-refractivity contribution is 5.76. The summed E-state index contributed by atoms with van der Waals surface area (Å²) in [4.78, 5) is 27.2. The molecular formula is C18H20N4O3. The van der Waals surface area contributed by atoms with Crippen molar-refractivity contribution in [2.24, 2.45) is 0 Å². The van der Waals surface area contributed by atoms with E-state index in [1.807, 2.05) is 23.1 Å². The Hall–Kier alpha value is -2.83. The predicted molar refractivity (Wildman–Crippen MR) is 91.0 cm³/mol. The molecule has 4 rings (SSSR count). The summed E-state index contributed by atoms with van der Waals surface area (Å²) in [5.41, 5.74) is 0.243. The van der Waals surface area contributed by atoms with Gasteiger partial charge in [0, 0.05) is 12.2 Å². The lowest BCUT2D eigenvalue weighted by Gasteiger charge is -2.28. The Bertz CT molecular complexity index is 919. The van der Waals surface area contributed by atoms with Gasteiger partial charge < -0.3 is 9.32 Å². The van der Waals surface area contributed by atoms with E-state index in [0.717, 1.165) is 31.4 Å². The molecule has 1 aliphatic carbocycles. The SMILES string of the molecule is O=C(Cn1nc2ccccn2c1=O)N(Cc1ccco1)C1CCCC1. The van der Waals surface area contributed by atoms with Gasteiger partial charge in [-0.25, -0.2) is 9.48 Å². The first kappa shape index (κ1) is 15.7. The van der Waals surface area contributed by atoms with Gasteiger partial charge >= 0.3 is 5.69 Å². The molecule has 0 aliphatic heterocycles. The Morgan fingerprint density at radius 2 is 2.08 bits per heavy atom. The maximum absolute atomic E-state index is 12.9. The van der Waals surface area contributed by atoms with E-state index in [1.54, 1.807) is 24.6 Å². The first-order valence-corrected chi connectivity index (χ1v) is 8.58. The third kappa shape index (κ3) is 3.09. The molecule has 130 valence electrons. The van der Waals surface area contributed by atoms with Crippen LogP contribution in [0.1, 0.15) is 31.4 Å². The van der Waals surface area contributed by atoms with Crippen LogP contribution in [0.3, 0.4) is 0 Å². The molecule has 0 unspecified atom stereocenters. The van der Waals surface area contributed by atoms with Crippen LogP contribution in [0.5, 0.6) is 0 Å². The third-order valence-electron chi connectivity index (χ3n) is 4.77. The van der Waals surface area contributed by atoms with Gasteiger partial charge in [-0.1, -0.05) is 18.9 Å². The fourth-order valence-electron chi connectivity index (χ4n) is 3.50. The highest BCUT2D eigenvalue weighted by Gasteiger charge is 2.28. The largest absolute Gasteiger partial charge is 0.467 e. The molecule has 0 bridgehead atoms. The number of hydrogen-bond donors (Lipinski definition) is 0. The van der Waals surface area contributed by atoms with E-state index in [-0.39, 0.29) is 24.2 Å². The molecule has 0 N–H and O–H groups in total. The van der Waals surface area contributed by atoms with E-state index in [1.165, 1.54) is 9.08 Å². The molecular weight excluding hydrogens is 320 g/mol. The van der Waals surface area contributed by atoms with Crippen molar-refractivity contribution in [2.75, 3.05) is 0 Å². The van der Waals surface area contributed by atoms with E-state index < -0.39 is 0 Å². The van der Waals surface area contributed by atoms with Crippen molar-refractivity contribution in [2.45, 2.75) is 44.8 Å². The number of nitrogens with zero attached hydrogens (tertiary/aromatic N) is 4. The van der Waals surface area contributed by atoms with Crippen LogP contribution in [0, 0.1) is 0 Å². The van der Waals surface area contributed by atoms with Gasteiger partial charge in [0.25, 0.3) is 0 Å². The Kier molecular flexibility index (Phi) is 4.13. The summed E-state index contributed by atoms with van der Waals surface area (Å²) < 4.78 is 8.10. The molecule has 0 aromatic carbocycles. The van der Waals surface area contributed by atoms with Crippen LogP contribution in [-0.2, 0) is 17.9 Å². The zero-order valence-corrected chi connectivity index (χ0v) is 13.9. The van der Waals surface area contributed by atoms with Crippen LogP contribution in [0.2, 0.25) is 0 Å². The molecule has 0 atom stereocenters. The minimum Gasteiger partial charge on any atom is -0.467 e. The van der Waals surface area contributed by atoms with Gasteiger partial charge in [0.1, 0.15) is 12.3 Å². The third-order valence-corrected chi connectivity index (χ3v) is 4.77. The number of hydrogen-bond acceptors (Lipinski definition) is 4. The van der Waals surface area contributed by atoms with Gasteiger partial charge in [-0.15, -0.1) is 5.10 Å². The maximum Gasteiger partial charge on any atom is 0.350 e. The minimum atomic E-state index is -0.298. The molecule has 25 heavy (non-hydrogen) atoms. The topological polar surface area (TPSA) is 72.8 Å². The molecule has 7 heteroatoms. The minimum absolute atomic E-state index is 0.0578. The van der Waals surface area contributed by atoms with Crippen molar-refractivity contribution >= 4 is 11.6 Å². The standard InChI is InChI=1S/C18H20N4O3/c23-17(13-22-18(24)20-10-4-3-9-16(20)19-22)21(14-6-1-2-7-14)12-15-8-5-11-25-15/h3-5,8-11,14H,1-2,6-7,12-13H2. The van der Waals surface area contributed by atoms with Gasteiger partial charge in [0.15, 0.2) is 5.65 Å². The van der Waals surface area contributed by atoms with Gasteiger partial charge in [-0.3, -0.25) is 9.20 Å². The van der Waals surface area contributed by atoms with Crippen LogP contribution >= 0.6 is 0 Å². The van der Waals surface area contributed by atoms with Crippen molar-refractivity contribution in [1.82, 2.24) is 19.1 Å². The first-order valence-electron chi connectivity index (χ1n) is 8.58. The van der Waals surface area contributed by atoms with E-state index in [9.17, 15) is 9.59 Å². The molecule has 1 aliphatic rings. The highest BCUT2D eigenvalue weighted by Crippen LogP contribution is 2.25. The second-order valence-electron chi connectivity index (χ2n) is 6.41. The Labute approximate surface area is 144 Å². The molecule has 0 saturated heterocycles. The highest BCUT2D eigenvalue weighted by atomic mass is 16.3. The molecule has 7 nitrogen and oxygen atoms in total. The summed E-state index contributed by atoms with van der Waals surface area (Å²) in [6, 6.07) is 9.22. The number of rotatable bonds is 5. The summed E-state index contributed by atoms with van der Waals surface area (Å²) in [5.74, 6) is 0.649. The Morgan fingerprint density at radius 3 is 2.80 bits per heavy atom.